The molecule has 0 bridgehead atoms. The molecule has 9 heteroatoms. The van der Waals surface area contributed by atoms with Gasteiger partial charge < -0.3 is 19.4 Å². The third-order valence-corrected chi connectivity index (χ3v) is 6.27. The Balaban J connectivity index is 1.74. The van der Waals surface area contributed by atoms with Crippen LogP contribution in [0.1, 0.15) is 63.4 Å². The maximum absolute atomic E-state index is 12.5. The predicted octanol–water partition coefficient (Wildman–Crippen LogP) is 7.24. The maximum atomic E-state index is 12.5. The highest BCUT2D eigenvalue weighted by molar-refractivity contribution is 5.94. The Bertz CT molecular complexity index is 1200. The average Bonchev–Trinajstić information content (AvgIpc) is 3.10. The van der Waals surface area contributed by atoms with Gasteiger partial charge in [-0.25, -0.2) is 9.78 Å². The van der Waals surface area contributed by atoms with Gasteiger partial charge in [-0.05, 0) is 80.0 Å². The minimum atomic E-state index is -4.75. The van der Waals surface area contributed by atoms with E-state index in [1.807, 2.05) is 0 Å². The molecule has 2 atom stereocenters. The van der Waals surface area contributed by atoms with E-state index in [-0.39, 0.29) is 23.8 Å². The van der Waals surface area contributed by atoms with Crippen LogP contribution in [0.3, 0.4) is 0 Å². The maximum Gasteiger partial charge on any atom is 0.573 e. The molecule has 2 aromatic carbocycles. The molecule has 1 aliphatic carbocycles. The number of anilines is 2. The monoisotopic (exact) mass is 489 g/mol. The molecule has 1 saturated carbocycles. The van der Waals surface area contributed by atoms with Crippen molar-refractivity contribution in [2.24, 2.45) is 11.3 Å². The number of nitrogens with zero attached hydrogens (tertiary/aromatic N) is 2. The number of rotatable bonds is 6. The zero-order valence-electron chi connectivity index (χ0n) is 20.3. The van der Waals surface area contributed by atoms with Crippen molar-refractivity contribution in [3.8, 4) is 5.75 Å². The van der Waals surface area contributed by atoms with Gasteiger partial charge in [-0.2, -0.15) is 0 Å². The highest BCUT2D eigenvalue weighted by atomic mass is 19.4. The zero-order chi connectivity index (χ0) is 25.4. The molecule has 6 nitrogen and oxygen atoms in total. The van der Waals surface area contributed by atoms with Gasteiger partial charge in [0.2, 0.25) is 5.95 Å². The van der Waals surface area contributed by atoms with E-state index in [4.69, 9.17) is 9.72 Å². The van der Waals surface area contributed by atoms with E-state index in [0.717, 1.165) is 24.8 Å². The number of ether oxygens (including phenoxy) is 2. The van der Waals surface area contributed by atoms with Crippen LogP contribution in [-0.4, -0.2) is 28.5 Å². The fourth-order valence-electron chi connectivity index (χ4n) is 5.25. The standard InChI is InChI=1S/C26H30F3N3O3/c1-5-34-23(33)17-6-11-21-22(13-17)32(19-12-16(2)14-25(3,4)15-19)24(31-21)30-18-7-9-20(10-8-18)35-26(27,28)29/h6-11,13,16,19H,5,12,14-15H2,1-4H3,(H,30,31)/t16-,19?/m0/s1. The fourth-order valence-corrected chi connectivity index (χ4v) is 5.25. The molecular weight excluding hydrogens is 459 g/mol. The Hall–Kier alpha value is -3.23. The highest BCUT2D eigenvalue weighted by Crippen LogP contribution is 2.46. The van der Waals surface area contributed by atoms with Crippen molar-refractivity contribution in [1.29, 1.82) is 0 Å². The molecule has 0 radical (unpaired) electrons. The van der Waals surface area contributed by atoms with Gasteiger partial charge in [-0.1, -0.05) is 20.8 Å². The van der Waals surface area contributed by atoms with Crippen LogP contribution in [-0.2, 0) is 4.74 Å². The normalized spacial score (nSPS) is 20.0. The smallest absolute Gasteiger partial charge is 0.462 e. The summed E-state index contributed by atoms with van der Waals surface area (Å²) in [5.74, 6) is 0.384. The molecule has 0 spiro atoms. The van der Waals surface area contributed by atoms with Gasteiger partial charge in [-0.15, -0.1) is 13.2 Å². The zero-order valence-corrected chi connectivity index (χ0v) is 20.3. The van der Waals surface area contributed by atoms with Gasteiger partial charge in [0.15, 0.2) is 0 Å². The van der Waals surface area contributed by atoms with Crippen molar-refractivity contribution in [3.63, 3.8) is 0 Å². The van der Waals surface area contributed by atoms with Gasteiger partial charge in [0.1, 0.15) is 5.75 Å². The van der Waals surface area contributed by atoms with Crippen LogP contribution >= 0.6 is 0 Å². The Morgan fingerprint density at radius 1 is 1.17 bits per heavy atom. The number of carbonyl (C=O) groups excluding carboxylic acids is 1. The molecule has 1 aromatic heterocycles. The van der Waals surface area contributed by atoms with Crippen LogP contribution in [0.2, 0.25) is 0 Å². The summed E-state index contributed by atoms with van der Waals surface area (Å²) in [5.41, 5.74) is 2.68. The Labute approximate surface area is 202 Å². The number of hydrogen-bond acceptors (Lipinski definition) is 5. The van der Waals surface area contributed by atoms with Crippen LogP contribution in [0.4, 0.5) is 24.8 Å². The van der Waals surface area contributed by atoms with Crippen molar-refractivity contribution < 1.29 is 27.4 Å². The SMILES string of the molecule is CCOC(=O)c1ccc2nc(Nc3ccc(OC(F)(F)F)cc3)n(C3C[C@H](C)CC(C)(C)C3)c2c1. The molecule has 1 unspecified atom stereocenters. The number of carbonyl (C=O) groups is 1. The van der Waals surface area contributed by atoms with E-state index in [9.17, 15) is 18.0 Å². The number of alkyl halides is 3. The van der Waals surface area contributed by atoms with Crippen LogP contribution in [0.5, 0.6) is 5.75 Å². The van der Waals surface area contributed by atoms with Crippen molar-refractivity contribution in [1.82, 2.24) is 9.55 Å². The first-order valence-corrected chi connectivity index (χ1v) is 11.8. The number of benzene rings is 2. The summed E-state index contributed by atoms with van der Waals surface area (Å²) in [4.78, 5) is 17.2. The molecule has 0 aliphatic heterocycles. The number of esters is 1. The summed E-state index contributed by atoms with van der Waals surface area (Å²) in [6, 6.07) is 11.0. The third kappa shape index (κ3) is 5.89. The van der Waals surface area contributed by atoms with E-state index in [1.54, 1.807) is 25.1 Å². The van der Waals surface area contributed by atoms with Gasteiger partial charge in [-0.3, -0.25) is 0 Å². The largest absolute Gasteiger partial charge is 0.573 e. The molecule has 4 rings (SSSR count). The molecule has 3 aromatic rings. The minimum absolute atomic E-state index is 0.130. The van der Waals surface area contributed by atoms with Crippen molar-refractivity contribution in [2.45, 2.75) is 59.4 Å². The molecular formula is C26H30F3N3O3. The summed E-state index contributed by atoms with van der Waals surface area (Å²) >= 11 is 0. The van der Waals surface area contributed by atoms with E-state index >= 15 is 0 Å². The lowest BCUT2D eigenvalue weighted by Gasteiger charge is -2.40. The molecule has 1 aliphatic rings. The average molecular weight is 490 g/mol. The second kappa shape index (κ2) is 9.43. The Morgan fingerprint density at radius 2 is 1.89 bits per heavy atom. The molecule has 1 fully saturated rings. The summed E-state index contributed by atoms with van der Waals surface area (Å²) in [6.45, 7) is 8.80. The fraction of sp³-hybridized carbons (Fsp3) is 0.462. The lowest BCUT2D eigenvalue weighted by Crippen LogP contribution is -2.29. The number of halogens is 3. The summed E-state index contributed by atoms with van der Waals surface area (Å²) in [7, 11) is 0. The second-order valence-electron chi connectivity index (χ2n) is 9.99. The number of nitrogens with one attached hydrogen (secondary N) is 1. The lowest BCUT2D eigenvalue weighted by molar-refractivity contribution is -0.274. The quantitative estimate of drug-likeness (QED) is 0.370. The van der Waals surface area contributed by atoms with Crippen LogP contribution < -0.4 is 10.1 Å². The molecule has 188 valence electrons. The summed E-state index contributed by atoms with van der Waals surface area (Å²) in [5, 5.41) is 3.26. The minimum Gasteiger partial charge on any atom is -0.462 e. The topological polar surface area (TPSA) is 65.4 Å². The van der Waals surface area contributed by atoms with Gasteiger partial charge in [0.25, 0.3) is 0 Å². The number of imidazole rings is 1. The van der Waals surface area contributed by atoms with Gasteiger partial charge in [0.05, 0.1) is 23.2 Å². The molecule has 0 saturated heterocycles. The number of hydrogen-bond donors (Lipinski definition) is 1. The van der Waals surface area contributed by atoms with Crippen molar-refractivity contribution >= 4 is 28.6 Å². The van der Waals surface area contributed by atoms with E-state index in [1.165, 1.54) is 24.3 Å². The first kappa shape index (κ1) is 24.9. The second-order valence-corrected chi connectivity index (χ2v) is 9.99. The lowest BCUT2D eigenvalue weighted by atomic mass is 9.70. The van der Waals surface area contributed by atoms with Gasteiger partial charge >= 0.3 is 12.3 Å². The van der Waals surface area contributed by atoms with E-state index in [0.29, 0.717) is 28.6 Å². The van der Waals surface area contributed by atoms with E-state index in [2.05, 4.69) is 35.4 Å². The highest BCUT2D eigenvalue weighted by Gasteiger charge is 2.35. The molecule has 35 heavy (non-hydrogen) atoms. The van der Waals surface area contributed by atoms with Crippen LogP contribution in [0, 0.1) is 11.3 Å². The number of fused-ring (bicyclic) bond motifs is 1. The van der Waals surface area contributed by atoms with Gasteiger partial charge in [0, 0.05) is 11.7 Å². The first-order chi connectivity index (χ1) is 16.4. The van der Waals surface area contributed by atoms with Crippen molar-refractivity contribution in [3.05, 3.63) is 48.0 Å². The van der Waals surface area contributed by atoms with Crippen LogP contribution in [0.15, 0.2) is 42.5 Å². The third-order valence-electron chi connectivity index (χ3n) is 6.27. The van der Waals surface area contributed by atoms with Crippen molar-refractivity contribution in [2.75, 3.05) is 11.9 Å². The van der Waals surface area contributed by atoms with E-state index < -0.39 is 12.3 Å². The Kier molecular flexibility index (Phi) is 6.71. The number of aromatic nitrogens is 2. The molecule has 0 amide bonds. The summed E-state index contributed by atoms with van der Waals surface area (Å²) in [6.07, 6.45) is -1.75. The molecule has 1 heterocycles. The first-order valence-electron chi connectivity index (χ1n) is 11.8. The summed E-state index contributed by atoms with van der Waals surface area (Å²) < 4.78 is 48.8. The predicted molar refractivity (Wildman–Crippen MR) is 128 cm³/mol. The van der Waals surface area contributed by atoms with Crippen LogP contribution in [0.25, 0.3) is 11.0 Å². The molecule has 1 N–H and O–H groups in total. The Morgan fingerprint density at radius 3 is 2.51 bits per heavy atom.